The van der Waals surface area contributed by atoms with Crippen LogP contribution in [0.4, 0.5) is 0 Å². The molecule has 0 aliphatic rings. The quantitative estimate of drug-likeness (QED) is 0.831. The number of carbonyl (C=O) groups excluding carboxylic acids is 1. The molecule has 0 aromatic heterocycles. The lowest BCUT2D eigenvalue weighted by Crippen LogP contribution is -2.13. The van der Waals surface area contributed by atoms with Crippen LogP contribution < -0.4 is 4.74 Å². The Morgan fingerprint density at radius 3 is 2.56 bits per heavy atom. The normalized spacial score (nSPS) is 12.2. The van der Waals surface area contributed by atoms with E-state index in [9.17, 15) is 9.90 Å². The molecule has 4 heteroatoms. The molecule has 0 fully saturated rings. The van der Waals surface area contributed by atoms with E-state index in [1.807, 2.05) is 0 Å². The first kappa shape index (κ1) is 12.5. The first-order valence-electron chi connectivity index (χ1n) is 5.06. The van der Waals surface area contributed by atoms with Gasteiger partial charge in [0, 0.05) is 13.5 Å². The fourth-order valence-electron chi connectivity index (χ4n) is 1.51. The maximum atomic E-state index is 11.6. The average molecular weight is 224 g/mol. The molecule has 88 valence electrons. The number of phenolic OH excluding ortho intramolecular Hbond substituents is 1. The van der Waals surface area contributed by atoms with E-state index in [1.54, 1.807) is 19.1 Å². The number of hydrogen-bond donors (Lipinski definition) is 1. The van der Waals surface area contributed by atoms with Crippen LogP contribution in [0.5, 0.6) is 11.5 Å². The van der Waals surface area contributed by atoms with E-state index < -0.39 is 6.10 Å². The zero-order valence-corrected chi connectivity index (χ0v) is 9.69. The number of Topliss-reactive ketones (excluding diaryl/α,β-unsaturated/α-hetero) is 1. The van der Waals surface area contributed by atoms with Gasteiger partial charge in [0.1, 0.15) is 6.10 Å². The van der Waals surface area contributed by atoms with Crippen LogP contribution in [0.15, 0.2) is 18.2 Å². The van der Waals surface area contributed by atoms with Gasteiger partial charge in [-0.05, 0) is 17.7 Å². The SMILES string of the molecule is CCC(=O)C(OC)c1ccc(OC)c(O)c1. The number of rotatable bonds is 5. The Labute approximate surface area is 94.8 Å². The molecule has 1 unspecified atom stereocenters. The van der Waals surface area contributed by atoms with E-state index in [1.165, 1.54) is 20.3 Å². The van der Waals surface area contributed by atoms with Gasteiger partial charge in [-0.25, -0.2) is 0 Å². The van der Waals surface area contributed by atoms with Gasteiger partial charge in [0.15, 0.2) is 17.3 Å². The lowest BCUT2D eigenvalue weighted by Gasteiger charge is -2.14. The molecule has 16 heavy (non-hydrogen) atoms. The van der Waals surface area contributed by atoms with Gasteiger partial charge < -0.3 is 14.6 Å². The summed E-state index contributed by atoms with van der Waals surface area (Å²) in [4.78, 5) is 11.6. The molecule has 0 heterocycles. The van der Waals surface area contributed by atoms with Crippen molar-refractivity contribution in [2.24, 2.45) is 0 Å². The maximum absolute atomic E-state index is 11.6. The number of benzene rings is 1. The van der Waals surface area contributed by atoms with Crippen molar-refractivity contribution in [2.45, 2.75) is 19.4 Å². The van der Waals surface area contributed by atoms with Crippen molar-refractivity contribution in [3.8, 4) is 11.5 Å². The topological polar surface area (TPSA) is 55.8 Å². The zero-order valence-electron chi connectivity index (χ0n) is 9.69. The third-order valence-electron chi connectivity index (χ3n) is 2.38. The monoisotopic (exact) mass is 224 g/mol. The third kappa shape index (κ3) is 2.52. The number of methoxy groups -OCH3 is 2. The maximum Gasteiger partial charge on any atom is 0.165 e. The highest BCUT2D eigenvalue weighted by atomic mass is 16.5. The second-order valence-corrected chi connectivity index (χ2v) is 3.37. The molecule has 0 aliphatic carbocycles. The van der Waals surface area contributed by atoms with Gasteiger partial charge >= 0.3 is 0 Å². The molecule has 1 rings (SSSR count). The minimum Gasteiger partial charge on any atom is -0.504 e. The Balaban J connectivity index is 3.03. The number of aromatic hydroxyl groups is 1. The van der Waals surface area contributed by atoms with E-state index in [4.69, 9.17) is 9.47 Å². The number of carbonyl (C=O) groups is 1. The minimum atomic E-state index is -0.623. The molecule has 4 nitrogen and oxygen atoms in total. The molecule has 1 aromatic carbocycles. The predicted octanol–water partition coefficient (Wildman–Crippen LogP) is 2.07. The second kappa shape index (κ2) is 5.51. The highest BCUT2D eigenvalue weighted by Gasteiger charge is 2.19. The lowest BCUT2D eigenvalue weighted by molar-refractivity contribution is -0.128. The molecule has 0 bridgehead atoms. The smallest absolute Gasteiger partial charge is 0.165 e. The molecule has 0 amide bonds. The molecule has 1 atom stereocenters. The van der Waals surface area contributed by atoms with Crippen LogP contribution in [-0.2, 0) is 9.53 Å². The Morgan fingerprint density at radius 2 is 2.12 bits per heavy atom. The van der Waals surface area contributed by atoms with E-state index in [0.29, 0.717) is 17.7 Å². The van der Waals surface area contributed by atoms with Crippen LogP contribution >= 0.6 is 0 Å². The van der Waals surface area contributed by atoms with E-state index in [-0.39, 0.29) is 11.5 Å². The van der Waals surface area contributed by atoms with Gasteiger partial charge in [-0.15, -0.1) is 0 Å². The summed E-state index contributed by atoms with van der Waals surface area (Å²) < 4.78 is 10.0. The second-order valence-electron chi connectivity index (χ2n) is 3.37. The number of phenols is 1. The Hall–Kier alpha value is -1.55. The number of ether oxygens (including phenoxy) is 2. The van der Waals surface area contributed by atoms with E-state index >= 15 is 0 Å². The van der Waals surface area contributed by atoms with Crippen LogP contribution in [0.2, 0.25) is 0 Å². The van der Waals surface area contributed by atoms with Gasteiger partial charge in [0.25, 0.3) is 0 Å². The zero-order chi connectivity index (χ0) is 12.1. The van der Waals surface area contributed by atoms with Crippen molar-refractivity contribution in [1.82, 2.24) is 0 Å². The Bertz CT molecular complexity index is 373. The molecule has 1 N–H and O–H groups in total. The van der Waals surface area contributed by atoms with Crippen molar-refractivity contribution < 1.29 is 19.4 Å². The van der Waals surface area contributed by atoms with Gasteiger partial charge in [-0.3, -0.25) is 4.79 Å². The van der Waals surface area contributed by atoms with Crippen LogP contribution in [0.25, 0.3) is 0 Å². The summed E-state index contributed by atoms with van der Waals surface area (Å²) in [7, 11) is 2.94. The molecular formula is C12H16O4. The van der Waals surface area contributed by atoms with Crippen LogP contribution in [0, 0.1) is 0 Å². The van der Waals surface area contributed by atoms with Crippen molar-refractivity contribution in [1.29, 1.82) is 0 Å². The molecule has 0 aliphatic heterocycles. The summed E-state index contributed by atoms with van der Waals surface area (Å²) in [6.45, 7) is 1.78. The summed E-state index contributed by atoms with van der Waals surface area (Å²) in [5, 5.41) is 9.60. The summed E-state index contributed by atoms with van der Waals surface area (Å²) in [6.07, 6.45) is -0.229. The van der Waals surface area contributed by atoms with E-state index in [0.717, 1.165) is 0 Å². The van der Waals surface area contributed by atoms with E-state index in [2.05, 4.69) is 0 Å². The standard InChI is InChI=1S/C12H16O4/c1-4-9(13)12(16-3)8-5-6-11(15-2)10(14)7-8/h5-7,12,14H,4H2,1-3H3. The summed E-state index contributed by atoms with van der Waals surface area (Å²) in [6, 6.07) is 4.81. The molecule has 1 aromatic rings. The molecule has 0 spiro atoms. The van der Waals surface area contributed by atoms with Crippen molar-refractivity contribution in [2.75, 3.05) is 14.2 Å². The largest absolute Gasteiger partial charge is 0.504 e. The molecule has 0 radical (unpaired) electrons. The van der Waals surface area contributed by atoms with Gasteiger partial charge in [-0.2, -0.15) is 0 Å². The van der Waals surface area contributed by atoms with Crippen molar-refractivity contribution in [3.05, 3.63) is 23.8 Å². The summed E-state index contributed by atoms with van der Waals surface area (Å²) >= 11 is 0. The van der Waals surface area contributed by atoms with Crippen molar-refractivity contribution in [3.63, 3.8) is 0 Å². The Kier molecular flexibility index (Phi) is 4.31. The third-order valence-corrected chi connectivity index (χ3v) is 2.38. The first-order chi connectivity index (χ1) is 7.63. The fraction of sp³-hybridized carbons (Fsp3) is 0.417. The van der Waals surface area contributed by atoms with Crippen LogP contribution in [0.3, 0.4) is 0 Å². The summed E-state index contributed by atoms with van der Waals surface area (Å²) in [5.41, 5.74) is 0.632. The minimum absolute atomic E-state index is 0.00551. The first-order valence-corrected chi connectivity index (χ1v) is 5.06. The highest BCUT2D eigenvalue weighted by Crippen LogP contribution is 2.30. The van der Waals surface area contributed by atoms with Crippen LogP contribution in [-0.4, -0.2) is 25.1 Å². The average Bonchev–Trinajstić information content (AvgIpc) is 2.30. The predicted molar refractivity (Wildman–Crippen MR) is 59.7 cm³/mol. The number of hydrogen-bond acceptors (Lipinski definition) is 4. The lowest BCUT2D eigenvalue weighted by atomic mass is 10.0. The number of ketones is 1. The molecular weight excluding hydrogens is 208 g/mol. The molecule has 0 saturated carbocycles. The fourth-order valence-corrected chi connectivity index (χ4v) is 1.51. The van der Waals surface area contributed by atoms with Gasteiger partial charge in [-0.1, -0.05) is 13.0 Å². The van der Waals surface area contributed by atoms with Crippen LogP contribution in [0.1, 0.15) is 25.0 Å². The highest BCUT2D eigenvalue weighted by molar-refractivity contribution is 5.84. The Morgan fingerprint density at radius 1 is 1.44 bits per heavy atom. The van der Waals surface area contributed by atoms with Crippen molar-refractivity contribution >= 4 is 5.78 Å². The van der Waals surface area contributed by atoms with Gasteiger partial charge in [0.2, 0.25) is 0 Å². The summed E-state index contributed by atoms with van der Waals surface area (Å²) in [5.74, 6) is 0.362. The van der Waals surface area contributed by atoms with Gasteiger partial charge in [0.05, 0.1) is 7.11 Å². The molecule has 0 saturated heterocycles.